The van der Waals surface area contributed by atoms with Crippen molar-refractivity contribution in [3.8, 4) is 0 Å². The summed E-state index contributed by atoms with van der Waals surface area (Å²) in [5, 5.41) is 8.81. The van der Waals surface area contributed by atoms with Crippen molar-refractivity contribution in [1.29, 1.82) is 0 Å². The highest BCUT2D eigenvalue weighted by Gasteiger charge is 2.39. The Morgan fingerprint density at radius 3 is 2.38 bits per heavy atom. The van der Waals surface area contributed by atoms with Crippen LogP contribution in [0.3, 0.4) is 0 Å². The molecule has 0 saturated carbocycles. The van der Waals surface area contributed by atoms with Crippen LogP contribution in [0.25, 0.3) is 5.57 Å². The summed E-state index contributed by atoms with van der Waals surface area (Å²) >= 11 is 0. The molecule has 1 aliphatic carbocycles. The molecule has 0 aromatic heterocycles. The molecule has 0 fully saturated rings. The summed E-state index contributed by atoms with van der Waals surface area (Å²) in [5.41, 5.74) is 3.00. The minimum Gasteiger partial charge on any atom is -0.481 e. The number of hydrogen-bond donors (Lipinski definition) is 1. The normalized spacial score (nSPS) is 20.2. The second-order valence-electron chi connectivity index (χ2n) is 3.23. The van der Waals surface area contributed by atoms with Crippen LogP contribution in [0, 0.1) is 5.92 Å². The Balaban J connectivity index is 2.27. The van der Waals surface area contributed by atoms with Gasteiger partial charge in [0.25, 0.3) is 0 Å². The average Bonchev–Trinajstić information content (AvgIpc) is 2.79. The van der Waals surface area contributed by atoms with E-state index < -0.39 is 5.97 Å². The maximum atomic E-state index is 10.7. The number of benzene rings is 1. The van der Waals surface area contributed by atoms with Crippen molar-refractivity contribution in [3.63, 3.8) is 0 Å². The number of carboxylic acid groups (broad SMARTS) is 1. The summed E-state index contributed by atoms with van der Waals surface area (Å²) in [6.45, 7) is 1.88. The summed E-state index contributed by atoms with van der Waals surface area (Å²) in [5.74, 6) is -1.07. The zero-order chi connectivity index (χ0) is 9.42. The predicted octanol–water partition coefficient (Wildman–Crippen LogP) is 2.17. The van der Waals surface area contributed by atoms with E-state index in [1.54, 1.807) is 0 Å². The topological polar surface area (TPSA) is 37.3 Å². The second kappa shape index (κ2) is 2.73. The molecule has 1 aliphatic rings. The third-order valence-electron chi connectivity index (χ3n) is 2.39. The largest absolute Gasteiger partial charge is 0.481 e. The van der Waals surface area contributed by atoms with Crippen molar-refractivity contribution < 1.29 is 9.90 Å². The maximum absolute atomic E-state index is 10.7. The molecule has 1 N–H and O–H groups in total. The van der Waals surface area contributed by atoms with Gasteiger partial charge in [0.2, 0.25) is 0 Å². The molecule has 2 nitrogen and oxygen atoms in total. The van der Waals surface area contributed by atoms with Gasteiger partial charge in [-0.2, -0.15) is 0 Å². The Morgan fingerprint density at radius 2 is 1.92 bits per heavy atom. The van der Waals surface area contributed by atoms with Crippen molar-refractivity contribution in [2.45, 2.75) is 6.92 Å². The van der Waals surface area contributed by atoms with Gasteiger partial charge in [-0.05, 0) is 23.6 Å². The molecule has 0 spiro atoms. The van der Waals surface area contributed by atoms with E-state index in [0.717, 1.165) is 16.7 Å². The fourth-order valence-corrected chi connectivity index (χ4v) is 1.65. The van der Waals surface area contributed by atoms with E-state index in [1.807, 2.05) is 37.3 Å². The lowest BCUT2D eigenvalue weighted by Crippen LogP contribution is -2.00. The first kappa shape index (κ1) is 8.05. The van der Waals surface area contributed by atoms with Gasteiger partial charge in [-0.25, -0.2) is 0 Å². The molecule has 0 radical (unpaired) electrons. The minimum absolute atomic E-state index is 0.331. The van der Waals surface area contributed by atoms with E-state index in [2.05, 4.69) is 0 Å². The standard InChI is InChI=1S/C11H10O2/c1-7-9(10(7)11(12)13)8-5-3-2-4-6-8/h2-6,10H,1H3,(H,12,13)/t10-/m1/s1. The summed E-state index contributed by atoms with van der Waals surface area (Å²) < 4.78 is 0. The van der Waals surface area contributed by atoms with Gasteiger partial charge in [-0.15, -0.1) is 0 Å². The van der Waals surface area contributed by atoms with E-state index in [-0.39, 0.29) is 5.92 Å². The molecular weight excluding hydrogens is 164 g/mol. The van der Waals surface area contributed by atoms with E-state index in [9.17, 15) is 4.79 Å². The molecule has 2 rings (SSSR count). The molecule has 1 aromatic rings. The smallest absolute Gasteiger partial charge is 0.315 e. The van der Waals surface area contributed by atoms with Gasteiger partial charge in [0.15, 0.2) is 0 Å². The quantitative estimate of drug-likeness (QED) is 0.746. The number of rotatable bonds is 2. The minimum atomic E-state index is -0.739. The Hall–Kier alpha value is -1.57. The van der Waals surface area contributed by atoms with E-state index >= 15 is 0 Å². The van der Waals surface area contributed by atoms with Crippen molar-refractivity contribution in [3.05, 3.63) is 41.5 Å². The van der Waals surface area contributed by atoms with Crippen LogP contribution in [-0.2, 0) is 4.79 Å². The Labute approximate surface area is 76.5 Å². The monoisotopic (exact) mass is 174 g/mol. The third kappa shape index (κ3) is 1.24. The molecule has 1 atom stereocenters. The molecule has 66 valence electrons. The van der Waals surface area contributed by atoms with Crippen molar-refractivity contribution >= 4 is 11.5 Å². The Morgan fingerprint density at radius 1 is 1.31 bits per heavy atom. The van der Waals surface area contributed by atoms with Gasteiger partial charge in [0.1, 0.15) is 5.92 Å². The molecule has 0 amide bonds. The van der Waals surface area contributed by atoms with Gasteiger partial charge in [-0.1, -0.05) is 30.3 Å². The molecule has 0 heterocycles. The van der Waals surface area contributed by atoms with Gasteiger partial charge >= 0.3 is 5.97 Å². The molecule has 0 bridgehead atoms. The molecular formula is C11H10O2. The van der Waals surface area contributed by atoms with E-state index in [0.29, 0.717) is 0 Å². The van der Waals surface area contributed by atoms with Crippen LogP contribution in [0.1, 0.15) is 12.5 Å². The van der Waals surface area contributed by atoms with Crippen LogP contribution in [0.5, 0.6) is 0 Å². The zero-order valence-corrected chi connectivity index (χ0v) is 7.32. The molecule has 0 saturated heterocycles. The second-order valence-corrected chi connectivity index (χ2v) is 3.23. The summed E-state index contributed by atoms with van der Waals surface area (Å²) in [4.78, 5) is 10.7. The number of carboxylic acids is 1. The number of hydrogen-bond acceptors (Lipinski definition) is 1. The molecule has 0 aliphatic heterocycles. The highest BCUT2D eigenvalue weighted by molar-refractivity contribution is 6.02. The fraction of sp³-hybridized carbons (Fsp3) is 0.182. The first-order valence-corrected chi connectivity index (χ1v) is 4.20. The van der Waals surface area contributed by atoms with Crippen LogP contribution < -0.4 is 0 Å². The highest BCUT2D eigenvalue weighted by Crippen LogP contribution is 2.46. The van der Waals surface area contributed by atoms with Gasteiger partial charge in [0, 0.05) is 0 Å². The number of aliphatic carboxylic acids is 1. The van der Waals surface area contributed by atoms with Crippen molar-refractivity contribution in [2.24, 2.45) is 5.92 Å². The molecule has 13 heavy (non-hydrogen) atoms. The van der Waals surface area contributed by atoms with Gasteiger partial charge in [-0.3, -0.25) is 4.79 Å². The van der Waals surface area contributed by atoms with Gasteiger partial charge < -0.3 is 5.11 Å². The van der Waals surface area contributed by atoms with Crippen molar-refractivity contribution in [1.82, 2.24) is 0 Å². The van der Waals surface area contributed by atoms with Crippen LogP contribution in [0.15, 0.2) is 35.9 Å². The zero-order valence-electron chi connectivity index (χ0n) is 7.32. The first-order chi connectivity index (χ1) is 6.22. The Kier molecular flexibility index (Phi) is 1.69. The van der Waals surface area contributed by atoms with Crippen LogP contribution in [0.2, 0.25) is 0 Å². The molecule has 1 aromatic carbocycles. The average molecular weight is 174 g/mol. The van der Waals surface area contributed by atoms with Crippen LogP contribution in [0.4, 0.5) is 0 Å². The SMILES string of the molecule is CC1=C(c2ccccc2)[C@@H]1C(=O)O. The number of carbonyl (C=O) groups is 1. The lowest BCUT2D eigenvalue weighted by atomic mass is 10.1. The van der Waals surface area contributed by atoms with Crippen molar-refractivity contribution in [2.75, 3.05) is 0 Å². The van der Waals surface area contributed by atoms with E-state index in [4.69, 9.17) is 5.11 Å². The third-order valence-corrected chi connectivity index (χ3v) is 2.39. The lowest BCUT2D eigenvalue weighted by molar-refractivity contribution is -0.137. The predicted molar refractivity (Wildman–Crippen MR) is 50.2 cm³/mol. The lowest BCUT2D eigenvalue weighted by Gasteiger charge is -1.94. The maximum Gasteiger partial charge on any atom is 0.315 e. The summed E-state index contributed by atoms with van der Waals surface area (Å²) in [7, 11) is 0. The van der Waals surface area contributed by atoms with E-state index in [1.165, 1.54) is 0 Å². The molecule has 2 heteroatoms. The fourth-order valence-electron chi connectivity index (χ4n) is 1.65. The van der Waals surface area contributed by atoms with Crippen LogP contribution in [-0.4, -0.2) is 11.1 Å². The summed E-state index contributed by atoms with van der Waals surface area (Å²) in [6.07, 6.45) is 0. The first-order valence-electron chi connectivity index (χ1n) is 4.20. The highest BCUT2D eigenvalue weighted by atomic mass is 16.4. The van der Waals surface area contributed by atoms with Crippen LogP contribution >= 0.6 is 0 Å². The van der Waals surface area contributed by atoms with Gasteiger partial charge in [0.05, 0.1) is 0 Å². The summed E-state index contributed by atoms with van der Waals surface area (Å²) in [6, 6.07) is 9.67. The Bertz CT molecular complexity index is 376. The molecule has 0 unspecified atom stereocenters.